The minimum absolute atomic E-state index is 0.259. The van der Waals surface area contributed by atoms with Crippen molar-refractivity contribution < 1.29 is 0 Å². The van der Waals surface area contributed by atoms with Gasteiger partial charge in [0.05, 0.1) is 5.69 Å². The van der Waals surface area contributed by atoms with E-state index in [0.717, 1.165) is 43.0 Å². The predicted molar refractivity (Wildman–Crippen MR) is 134 cm³/mol. The summed E-state index contributed by atoms with van der Waals surface area (Å²) >= 11 is 0. The zero-order valence-corrected chi connectivity index (χ0v) is 21.1. The van der Waals surface area contributed by atoms with E-state index >= 15 is 0 Å². The summed E-state index contributed by atoms with van der Waals surface area (Å²) < 4.78 is 1.96. The SMILES string of the molecule is CN=C(NCc1ccccc1CN1CC(C)CC(C)C1)NC(C)Cc1c(C)nn(C)c1C. The van der Waals surface area contributed by atoms with Crippen LogP contribution in [0, 0.1) is 25.7 Å². The minimum Gasteiger partial charge on any atom is -0.354 e. The van der Waals surface area contributed by atoms with Gasteiger partial charge in [0.15, 0.2) is 5.96 Å². The highest BCUT2D eigenvalue weighted by Crippen LogP contribution is 2.23. The molecule has 3 unspecified atom stereocenters. The predicted octanol–water partition coefficient (Wildman–Crippen LogP) is 3.81. The largest absolute Gasteiger partial charge is 0.354 e. The first-order chi connectivity index (χ1) is 15.3. The number of nitrogens with one attached hydrogen (secondary N) is 2. The molecule has 3 rings (SSSR count). The van der Waals surface area contributed by atoms with Crippen molar-refractivity contribution >= 4 is 5.96 Å². The van der Waals surface area contributed by atoms with Gasteiger partial charge in [0.25, 0.3) is 0 Å². The Morgan fingerprint density at radius 3 is 2.41 bits per heavy atom. The lowest BCUT2D eigenvalue weighted by molar-refractivity contribution is 0.134. The van der Waals surface area contributed by atoms with Crippen LogP contribution in [0.15, 0.2) is 29.3 Å². The van der Waals surface area contributed by atoms with Gasteiger partial charge >= 0.3 is 0 Å². The summed E-state index contributed by atoms with van der Waals surface area (Å²) in [5.74, 6) is 2.40. The molecule has 0 saturated carbocycles. The normalized spacial score (nSPS) is 20.9. The van der Waals surface area contributed by atoms with Crippen molar-refractivity contribution in [2.75, 3.05) is 20.1 Å². The lowest BCUT2D eigenvalue weighted by atomic mass is 9.91. The van der Waals surface area contributed by atoms with E-state index in [1.807, 2.05) is 18.8 Å². The van der Waals surface area contributed by atoms with E-state index < -0.39 is 0 Å². The zero-order chi connectivity index (χ0) is 23.3. The molecule has 176 valence electrons. The first-order valence-corrected chi connectivity index (χ1v) is 12.0. The van der Waals surface area contributed by atoms with Gasteiger partial charge in [-0.15, -0.1) is 0 Å². The van der Waals surface area contributed by atoms with Gasteiger partial charge in [-0.1, -0.05) is 38.1 Å². The fraction of sp³-hybridized carbons (Fsp3) is 0.615. The van der Waals surface area contributed by atoms with E-state index in [-0.39, 0.29) is 6.04 Å². The van der Waals surface area contributed by atoms with Crippen molar-refractivity contribution in [1.82, 2.24) is 25.3 Å². The van der Waals surface area contributed by atoms with Crippen molar-refractivity contribution in [1.29, 1.82) is 0 Å². The summed E-state index contributed by atoms with van der Waals surface area (Å²) in [6, 6.07) is 9.05. The molecule has 0 spiro atoms. The second-order valence-corrected chi connectivity index (χ2v) is 9.86. The molecule has 1 aliphatic rings. The molecule has 0 bridgehead atoms. The molecule has 1 aromatic heterocycles. The first kappa shape index (κ1) is 24.3. The van der Waals surface area contributed by atoms with Gasteiger partial charge in [-0.3, -0.25) is 14.6 Å². The molecule has 1 aromatic carbocycles. The lowest BCUT2D eigenvalue weighted by Gasteiger charge is -2.35. The number of piperidine rings is 1. The third kappa shape index (κ3) is 6.35. The van der Waals surface area contributed by atoms with Gasteiger partial charge in [-0.25, -0.2) is 0 Å². The maximum absolute atomic E-state index is 4.54. The second-order valence-electron chi connectivity index (χ2n) is 9.86. The summed E-state index contributed by atoms with van der Waals surface area (Å²) in [6.07, 6.45) is 2.27. The van der Waals surface area contributed by atoms with Crippen molar-refractivity contribution in [2.45, 2.75) is 66.6 Å². The maximum atomic E-state index is 4.54. The number of likely N-dealkylation sites (tertiary alicyclic amines) is 1. The molecule has 2 heterocycles. The molecule has 2 aromatic rings. The summed E-state index contributed by atoms with van der Waals surface area (Å²) in [5, 5.41) is 11.6. The molecule has 0 aliphatic carbocycles. The molecular weight excluding hydrogens is 396 g/mol. The number of guanidine groups is 1. The lowest BCUT2D eigenvalue weighted by Crippen LogP contribution is -2.43. The molecule has 2 N–H and O–H groups in total. The summed E-state index contributed by atoms with van der Waals surface area (Å²) in [6.45, 7) is 15.4. The summed E-state index contributed by atoms with van der Waals surface area (Å²) in [7, 11) is 3.85. The van der Waals surface area contributed by atoms with Crippen LogP contribution in [0.3, 0.4) is 0 Å². The number of aryl methyl sites for hydroxylation is 2. The van der Waals surface area contributed by atoms with Crippen molar-refractivity contribution in [3.8, 4) is 0 Å². The van der Waals surface area contributed by atoms with E-state index in [1.54, 1.807) is 0 Å². The standard InChI is InChI=1S/C26H42N6/c1-18-12-19(2)16-32(15-18)17-24-11-9-8-10-23(24)14-28-26(27-6)29-20(3)13-25-21(4)30-31(7)22(25)5/h8-11,18-20H,12-17H2,1-7H3,(H2,27,28,29). The quantitative estimate of drug-likeness (QED) is 0.510. The van der Waals surface area contributed by atoms with Gasteiger partial charge < -0.3 is 10.6 Å². The van der Waals surface area contributed by atoms with Crippen LogP contribution >= 0.6 is 0 Å². The average Bonchev–Trinajstić information content (AvgIpc) is 2.97. The van der Waals surface area contributed by atoms with Gasteiger partial charge in [0.2, 0.25) is 0 Å². The third-order valence-electron chi connectivity index (χ3n) is 6.68. The Labute approximate surface area is 194 Å². The van der Waals surface area contributed by atoms with Crippen LogP contribution in [-0.2, 0) is 26.6 Å². The third-order valence-corrected chi connectivity index (χ3v) is 6.68. The van der Waals surface area contributed by atoms with Crippen molar-refractivity contribution in [2.24, 2.45) is 23.9 Å². The van der Waals surface area contributed by atoms with Crippen LogP contribution in [0.4, 0.5) is 0 Å². The molecule has 6 nitrogen and oxygen atoms in total. The van der Waals surface area contributed by atoms with Crippen LogP contribution in [-0.4, -0.2) is 46.8 Å². The maximum Gasteiger partial charge on any atom is 0.191 e. The number of aromatic nitrogens is 2. The topological polar surface area (TPSA) is 57.5 Å². The Kier molecular flexibility index (Phi) is 8.35. The smallest absolute Gasteiger partial charge is 0.191 e. The van der Waals surface area contributed by atoms with Crippen LogP contribution in [0.1, 0.15) is 55.3 Å². The Morgan fingerprint density at radius 2 is 1.81 bits per heavy atom. The Bertz CT molecular complexity index is 905. The number of rotatable bonds is 7. The van der Waals surface area contributed by atoms with Gasteiger partial charge in [0.1, 0.15) is 0 Å². The van der Waals surface area contributed by atoms with Gasteiger partial charge in [-0.05, 0) is 62.1 Å². The number of aliphatic imine (C=N–C) groups is 1. The number of hydrogen-bond donors (Lipinski definition) is 2. The molecular formula is C26H42N6. The highest BCUT2D eigenvalue weighted by Gasteiger charge is 2.22. The van der Waals surface area contributed by atoms with Crippen LogP contribution in [0.2, 0.25) is 0 Å². The molecule has 3 atom stereocenters. The minimum atomic E-state index is 0.259. The van der Waals surface area contributed by atoms with Gasteiger partial charge in [0, 0.05) is 52.0 Å². The van der Waals surface area contributed by atoms with E-state index in [9.17, 15) is 0 Å². The van der Waals surface area contributed by atoms with E-state index in [2.05, 4.69) is 84.5 Å². The molecule has 0 radical (unpaired) electrons. The van der Waals surface area contributed by atoms with E-state index in [1.165, 1.54) is 41.9 Å². The van der Waals surface area contributed by atoms with Gasteiger partial charge in [-0.2, -0.15) is 5.10 Å². The number of benzene rings is 1. The number of nitrogens with zero attached hydrogens (tertiary/aromatic N) is 4. The van der Waals surface area contributed by atoms with Crippen molar-refractivity contribution in [3.05, 3.63) is 52.3 Å². The fourth-order valence-corrected chi connectivity index (χ4v) is 5.12. The summed E-state index contributed by atoms with van der Waals surface area (Å²) in [5.41, 5.74) is 6.41. The second kappa shape index (κ2) is 11.0. The summed E-state index contributed by atoms with van der Waals surface area (Å²) in [4.78, 5) is 7.08. The molecule has 1 fully saturated rings. The molecule has 1 aliphatic heterocycles. The zero-order valence-electron chi connectivity index (χ0n) is 21.1. The van der Waals surface area contributed by atoms with E-state index in [0.29, 0.717) is 0 Å². The van der Waals surface area contributed by atoms with E-state index in [4.69, 9.17) is 0 Å². The van der Waals surface area contributed by atoms with Crippen LogP contribution < -0.4 is 10.6 Å². The van der Waals surface area contributed by atoms with Crippen molar-refractivity contribution in [3.63, 3.8) is 0 Å². The molecule has 1 saturated heterocycles. The Morgan fingerprint density at radius 1 is 1.16 bits per heavy atom. The average molecular weight is 439 g/mol. The Balaban J connectivity index is 1.58. The fourth-order valence-electron chi connectivity index (χ4n) is 5.12. The molecule has 0 amide bonds. The van der Waals surface area contributed by atoms with Crippen LogP contribution in [0.25, 0.3) is 0 Å². The highest BCUT2D eigenvalue weighted by atomic mass is 15.3. The number of hydrogen-bond acceptors (Lipinski definition) is 3. The first-order valence-electron chi connectivity index (χ1n) is 12.0. The highest BCUT2D eigenvalue weighted by molar-refractivity contribution is 5.80. The molecule has 6 heteroatoms. The van der Waals surface area contributed by atoms with Crippen LogP contribution in [0.5, 0.6) is 0 Å². The molecule has 32 heavy (non-hydrogen) atoms. The monoisotopic (exact) mass is 438 g/mol. The Hall–Kier alpha value is -2.34.